The van der Waals surface area contributed by atoms with E-state index in [9.17, 15) is 14.0 Å². The number of hydrogen-bond donors (Lipinski definition) is 3. The smallest absolute Gasteiger partial charge is 0.315 e. The van der Waals surface area contributed by atoms with Gasteiger partial charge in [-0.3, -0.25) is 4.79 Å². The maximum Gasteiger partial charge on any atom is 0.315 e. The van der Waals surface area contributed by atoms with Crippen LogP contribution < -0.4 is 16.2 Å². The molecule has 1 saturated carbocycles. The summed E-state index contributed by atoms with van der Waals surface area (Å²) in [6.45, 7) is 2.05. The fourth-order valence-electron chi connectivity index (χ4n) is 2.61. The van der Waals surface area contributed by atoms with Crippen LogP contribution >= 0.6 is 0 Å². The van der Waals surface area contributed by atoms with Gasteiger partial charge in [-0.1, -0.05) is 12.1 Å². The topological polar surface area (TPSA) is 74.0 Å². The molecule has 1 aliphatic rings. The molecule has 1 aromatic carbocycles. The van der Waals surface area contributed by atoms with Gasteiger partial charge in [-0.05, 0) is 42.7 Å². The molecular weight excluding hydrogens is 297 g/mol. The lowest BCUT2D eigenvalue weighted by Gasteiger charge is -2.07. The third-order valence-electron chi connectivity index (χ3n) is 3.97. The fraction of sp³-hybridized carbons (Fsp3) is 0.294. The second-order valence-electron chi connectivity index (χ2n) is 5.86. The van der Waals surface area contributed by atoms with Crippen LogP contribution in [0.25, 0.3) is 0 Å². The molecule has 2 aromatic rings. The SMILES string of the molecule is Cc1c[nH]c(=O)c(CNC(=O)N[C@@H]2C[C@H]2c2ccc(F)cc2)c1. The van der Waals surface area contributed by atoms with Crippen LogP contribution in [0.4, 0.5) is 9.18 Å². The van der Waals surface area contributed by atoms with E-state index in [0.29, 0.717) is 5.56 Å². The molecule has 3 N–H and O–H groups in total. The highest BCUT2D eigenvalue weighted by atomic mass is 19.1. The van der Waals surface area contributed by atoms with Crippen LogP contribution in [0, 0.1) is 12.7 Å². The Balaban J connectivity index is 1.50. The monoisotopic (exact) mass is 315 g/mol. The van der Waals surface area contributed by atoms with Crippen LogP contribution in [0.15, 0.2) is 41.3 Å². The number of urea groups is 1. The summed E-state index contributed by atoms with van der Waals surface area (Å²) in [6, 6.07) is 7.83. The number of rotatable bonds is 4. The number of benzene rings is 1. The molecule has 1 aromatic heterocycles. The van der Waals surface area contributed by atoms with Gasteiger partial charge in [0.1, 0.15) is 5.82 Å². The zero-order chi connectivity index (χ0) is 16.4. The highest BCUT2D eigenvalue weighted by Crippen LogP contribution is 2.40. The van der Waals surface area contributed by atoms with Crippen LogP contribution in [0.5, 0.6) is 0 Å². The molecule has 3 rings (SSSR count). The Bertz CT molecular complexity index is 770. The average Bonchev–Trinajstić information content (AvgIpc) is 3.28. The number of halogens is 1. The first-order valence-electron chi connectivity index (χ1n) is 7.51. The summed E-state index contributed by atoms with van der Waals surface area (Å²) in [5.41, 5.74) is 2.27. The lowest BCUT2D eigenvalue weighted by molar-refractivity contribution is 0.240. The number of amides is 2. The van der Waals surface area contributed by atoms with Crippen molar-refractivity contribution in [2.24, 2.45) is 0 Å². The van der Waals surface area contributed by atoms with Crippen molar-refractivity contribution in [3.05, 3.63) is 69.4 Å². The van der Waals surface area contributed by atoms with Crippen molar-refractivity contribution in [3.8, 4) is 0 Å². The maximum atomic E-state index is 12.9. The number of aromatic amines is 1. The van der Waals surface area contributed by atoms with Gasteiger partial charge in [-0.25, -0.2) is 9.18 Å². The van der Waals surface area contributed by atoms with Gasteiger partial charge in [0, 0.05) is 30.3 Å². The second-order valence-corrected chi connectivity index (χ2v) is 5.86. The predicted octanol–water partition coefficient (Wildman–Crippen LogP) is 2.18. The standard InChI is InChI=1S/C17H18FN3O2/c1-10-6-12(16(22)19-8-10)9-20-17(23)21-15-7-14(15)11-2-4-13(18)5-3-11/h2-6,8,14-15H,7,9H2,1H3,(H,19,22)(H2,20,21,23)/t14-,15+/m0/s1. The van der Waals surface area contributed by atoms with Gasteiger partial charge in [0.2, 0.25) is 0 Å². The van der Waals surface area contributed by atoms with Crippen LogP contribution in [0.3, 0.4) is 0 Å². The molecular formula is C17H18FN3O2. The third kappa shape index (κ3) is 3.77. The van der Waals surface area contributed by atoms with Gasteiger partial charge in [0.05, 0.1) is 0 Å². The summed E-state index contributed by atoms with van der Waals surface area (Å²) in [6.07, 6.45) is 2.47. The van der Waals surface area contributed by atoms with E-state index in [1.54, 1.807) is 24.4 Å². The van der Waals surface area contributed by atoms with Crippen molar-refractivity contribution in [1.82, 2.24) is 15.6 Å². The Morgan fingerprint density at radius 3 is 2.83 bits per heavy atom. The van der Waals surface area contributed by atoms with Crippen molar-refractivity contribution < 1.29 is 9.18 Å². The summed E-state index contributed by atoms with van der Waals surface area (Å²) >= 11 is 0. The Morgan fingerprint density at radius 1 is 1.35 bits per heavy atom. The highest BCUT2D eigenvalue weighted by Gasteiger charge is 2.39. The first-order valence-corrected chi connectivity index (χ1v) is 7.51. The summed E-state index contributed by atoms with van der Waals surface area (Å²) in [5, 5.41) is 5.55. The quantitative estimate of drug-likeness (QED) is 0.809. The average molecular weight is 315 g/mol. The normalized spacial score (nSPS) is 19.2. The van der Waals surface area contributed by atoms with Crippen molar-refractivity contribution in [2.45, 2.75) is 31.8 Å². The molecule has 0 aliphatic heterocycles. The summed E-state index contributed by atoms with van der Waals surface area (Å²) in [4.78, 5) is 26.1. The lowest BCUT2D eigenvalue weighted by Crippen LogP contribution is -2.38. The minimum absolute atomic E-state index is 0.0521. The fourth-order valence-corrected chi connectivity index (χ4v) is 2.61. The number of carbonyl (C=O) groups excluding carboxylic acids is 1. The summed E-state index contributed by atoms with van der Waals surface area (Å²) in [7, 11) is 0. The predicted molar refractivity (Wildman–Crippen MR) is 84.7 cm³/mol. The Morgan fingerprint density at radius 2 is 2.09 bits per heavy atom. The Labute approximate surface area is 132 Å². The van der Waals surface area contributed by atoms with Gasteiger partial charge in [-0.15, -0.1) is 0 Å². The van der Waals surface area contributed by atoms with E-state index in [0.717, 1.165) is 17.5 Å². The van der Waals surface area contributed by atoms with Crippen molar-refractivity contribution >= 4 is 6.03 Å². The third-order valence-corrected chi connectivity index (χ3v) is 3.97. The summed E-state index contributed by atoms with van der Waals surface area (Å²) in [5.74, 6) is -0.0382. The molecule has 0 spiro atoms. The van der Waals surface area contributed by atoms with Gasteiger partial charge in [0.15, 0.2) is 0 Å². The molecule has 0 bridgehead atoms. The molecule has 1 fully saturated rings. The molecule has 23 heavy (non-hydrogen) atoms. The highest BCUT2D eigenvalue weighted by molar-refractivity contribution is 5.74. The molecule has 5 nitrogen and oxygen atoms in total. The van der Waals surface area contributed by atoms with Crippen molar-refractivity contribution in [3.63, 3.8) is 0 Å². The van der Waals surface area contributed by atoms with Crippen LogP contribution in [0.2, 0.25) is 0 Å². The van der Waals surface area contributed by atoms with E-state index < -0.39 is 0 Å². The molecule has 0 radical (unpaired) electrons. The van der Waals surface area contributed by atoms with Crippen molar-refractivity contribution in [2.75, 3.05) is 0 Å². The van der Waals surface area contributed by atoms with Crippen LogP contribution in [0.1, 0.15) is 29.0 Å². The van der Waals surface area contributed by atoms with E-state index in [4.69, 9.17) is 0 Å². The number of pyridine rings is 1. The van der Waals surface area contributed by atoms with E-state index in [-0.39, 0.29) is 35.9 Å². The lowest BCUT2D eigenvalue weighted by atomic mass is 10.1. The van der Waals surface area contributed by atoms with Crippen molar-refractivity contribution in [1.29, 1.82) is 0 Å². The zero-order valence-electron chi connectivity index (χ0n) is 12.7. The molecule has 0 unspecified atom stereocenters. The first kappa shape index (κ1) is 15.3. The number of hydrogen-bond acceptors (Lipinski definition) is 2. The van der Waals surface area contributed by atoms with E-state index in [1.165, 1.54) is 12.1 Å². The summed E-state index contributed by atoms with van der Waals surface area (Å²) < 4.78 is 12.9. The Kier molecular flexibility index (Phi) is 4.14. The number of aromatic nitrogens is 1. The minimum Gasteiger partial charge on any atom is -0.335 e. The van der Waals surface area contributed by atoms with Gasteiger partial charge >= 0.3 is 6.03 Å². The van der Waals surface area contributed by atoms with Crippen LogP contribution in [-0.4, -0.2) is 17.1 Å². The van der Waals surface area contributed by atoms with E-state index >= 15 is 0 Å². The van der Waals surface area contributed by atoms with Crippen LogP contribution in [-0.2, 0) is 6.54 Å². The molecule has 6 heteroatoms. The maximum absolute atomic E-state index is 12.9. The number of H-pyrrole nitrogens is 1. The second kappa shape index (κ2) is 6.24. The molecule has 1 aliphatic carbocycles. The molecule has 2 atom stereocenters. The first-order chi connectivity index (χ1) is 11.0. The van der Waals surface area contributed by atoms with E-state index in [1.807, 2.05) is 6.92 Å². The molecule has 2 amide bonds. The van der Waals surface area contributed by atoms with Gasteiger partial charge < -0.3 is 15.6 Å². The van der Waals surface area contributed by atoms with E-state index in [2.05, 4.69) is 15.6 Å². The number of aryl methyl sites for hydroxylation is 1. The molecule has 1 heterocycles. The van der Waals surface area contributed by atoms with Gasteiger partial charge in [-0.2, -0.15) is 0 Å². The molecule has 0 saturated heterocycles. The Hall–Kier alpha value is -2.63. The number of nitrogens with one attached hydrogen (secondary N) is 3. The minimum atomic E-state index is -0.305. The molecule has 120 valence electrons. The zero-order valence-corrected chi connectivity index (χ0v) is 12.7. The number of carbonyl (C=O) groups is 1. The van der Waals surface area contributed by atoms with Gasteiger partial charge in [0.25, 0.3) is 5.56 Å². The largest absolute Gasteiger partial charge is 0.335 e.